The molecule has 88 valence electrons. The van der Waals surface area contributed by atoms with Crippen molar-refractivity contribution in [1.29, 1.82) is 0 Å². The van der Waals surface area contributed by atoms with Crippen LogP contribution in [0.5, 0.6) is 0 Å². The molecule has 0 bridgehead atoms. The van der Waals surface area contributed by atoms with Crippen LogP contribution < -0.4 is 11.1 Å². The number of rotatable bonds is 4. The summed E-state index contributed by atoms with van der Waals surface area (Å²) in [6.45, 7) is 0.857. The Hall–Kier alpha value is -1.67. The number of para-hydroxylation sites is 2. The molecule has 0 radical (unpaired) electrons. The van der Waals surface area contributed by atoms with Crippen LogP contribution in [0.4, 0.5) is 11.4 Å². The maximum Gasteiger partial charge on any atom is 0.0574 e. The lowest BCUT2D eigenvalue weighted by Gasteiger charge is -2.08. The molecule has 2 aromatic carbocycles. The summed E-state index contributed by atoms with van der Waals surface area (Å²) in [5.41, 5.74) is 8.87. The molecule has 0 aromatic heterocycles. The second-order valence-electron chi connectivity index (χ2n) is 3.89. The second kappa shape index (κ2) is 5.60. The number of nitrogen functional groups attached to an aromatic ring is 1. The predicted octanol–water partition coefficient (Wildman–Crippen LogP) is 3.58. The van der Waals surface area contributed by atoms with E-state index < -0.39 is 0 Å². The van der Waals surface area contributed by atoms with Crippen LogP contribution in [0.1, 0.15) is 5.56 Å². The zero-order valence-electron chi connectivity index (χ0n) is 9.49. The third-order valence-electron chi connectivity index (χ3n) is 2.60. The fraction of sp³-hybridized carbons (Fsp3) is 0.143. The Morgan fingerprint density at radius 1 is 1.00 bits per heavy atom. The van der Waals surface area contributed by atoms with Gasteiger partial charge in [-0.2, -0.15) is 0 Å². The van der Waals surface area contributed by atoms with E-state index in [-0.39, 0.29) is 0 Å². The Kier molecular flexibility index (Phi) is 3.89. The third kappa shape index (κ3) is 3.40. The zero-order chi connectivity index (χ0) is 12.1. The van der Waals surface area contributed by atoms with Crippen LogP contribution in [0.2, 0.25) is 5.02 Å². The van der Waals surface area contributed by atoms with Crippen molar-refractivity contribution in [1.82, 2.24) is 0 Å². The molecule has 0 unspecified atom stereocenters. The number of hydrogen-bond acceptors (Lipinski definition) is 2. The van der Waals surface area contributed by atoms with Crippen LogP contribution in [0.25, 0.3) is 0 Å². The highest BCUT2D eigenvalue weighted by molar-refractivity contribution is 6.30. The standard InChI is InChI=1S/C14H15ClN2/c15-12-7-5-11(6-8-12)9-10-17-14-4-2-1-3-13(14)16/h1-8,17H,9-10,16H2. The lowest BCUT2D eigenvalue weighted by molar-refractivity contribution is 1.02. The van der Waals surface area contributed by atoms with Gasteiger partial charge in [0, 0.05) is 11.6 Å². The average Bonchev–Trinajstić information content (AvgIpc) is 2.34. The molecule has 0 aliphatic heterocycles. The van der Waals surface area contributed by atoms with Crippen LogP contribution >= 0.6 is 11.6 Å². The number of halogens is 1. The van der Waals surface area contributed by atoms with Crippen LogP contribution in [0.15, 0.2) is 48.5 Å². The van der Waals surface area contributed by atoms with Gasteiger partial charge >= 0.3 is 0 Å². The third-order valence-corrected chi connectivity index (χ3v) is 2.86. The van der Waals surface area contributed by atoms with Gasteiger partial charge in [-0.25, -0.2) is 0 Å². The van der Waals surface area contributed by atoms with E-state index in [2.05, 4.69) is 5.32 Å². The first-order valence-electron chi connectivity index (χ1n) is 5.58. The molecule has 2 aromatic rings. The molecule has 0 aliphatic rings. The molecular weight excluding hydrogens is 232 g/mol. The minimum atomic E-state index is 0.772. The van der Waals surface area contributed by atoms with Crippen LogP contribution in [0.3, 0.4) is 0 Å². The Balaban J connectivity index is 1.88. The molecule has 3 N–H and O–H groups in total. The molecule has 0 fully saturated rings. The SMILES string of the molecule is Nc1ccccc1NCCc1ccc(Cl)cc1. The molecule has 0 saturated carbocycles. The van der Waals surface area contributed by atoms with Gasteiger partial charge < -0.3 is 11.1 Å². The second-order valence-corrected chi connectivity index (χ2v) is 4.33. The lowest BCUT2D eigenvalue weighted by Crippen LogP contribution is -2.06. The monoisotopic (exact) mass is 246 g/mol. The topological polar surface area (TPSA) is 38.0 Å². The van der Waals surface area contributed by atoms with Crippen molar-refractivity contribution in [2.75, 3.05) is 17.6 Å². The molecule has 0 atom stereocenters. The first-order valence-corrected chi connectivity index (χ1v) is 5.96. The van der Waals surface area contributed by atoms with E-state index in [0.29, 0.717) is 0 Å². The highest BCUT2D eigenvalue weighted by Gasteiger charge is 1.97. The minimum absolute atomic E-state index is 0.772. The summed E-state index contributed by atoms with van der Waals surface area (Å²) >= 11 is 5.83. The fourth-order valence-electron chi connectivity index (χ4n) is 1.65. The number of hydrogen-bond donors (Lipinski definition) is 2. The van der Waals surface area contributed by atoms with E-state index in [1.54, 1.807) is 0 Å². The van der Waals surface area contributed by atoms with Crippen molar-refractivity contribution in [3.63, 3.8) is 0 Å². The summed E-state index contributed by atoms with van der Waals surface area (Å²) in [4.78, 5) is 0. The summed E-state index contributed by atoms with van der Waals surface area (Å²) in [5.74, 6) is 0. The van der Waals surface area contributed by atoms with E-state index in [4.69, 9.17) is 17.3 Å². The van der Waals surface area contributed by atoms with Gasteiger partial charge in [0.05, 0.1) is 11.4 Å². The quantitative estimate of drug-likeness (QED) is 0.810. The van der Waals surface area contributed by atoms with Gasteiger partial charge in [0.15, 0.2) is 0 Å². The molecule has 0 spiro atoms. The van der Waals surface area contributed by atoms with Crippen molar-refractivity contribution in [3.05, 3.63) is 59.1 Å². The smallest absolute Gasteiger partial charge is 0.0574 e. The normalized spacial score (nSPS) is 10.2. The van der Waals surface area contributed by atoms with E-state index in [9.17, 15) is 0 Å². The van der Waals surface area contributed by atoms with Gasteiger partial charge in [-0.05, 0) is 36.2 Å². The average molecular weight is 247 g/mol. The highest BCUT2D eigenvalue weighted by atomic mass is 35.5. The summed E-state index contributed by atoms with van der Waals surface area (Å²) in [6.07, 6.45) is 0.950. The first-order chi connectivity index (χ1) is 8.25. The summed E-state index contributed by atoms with van der Waals surface area (Å²) in [6, 6.07) is 15.7. The molecule has 0 heterocycles. The van der Waals surface area contributed by atoms with Gasteiger partial charge in [0.25, 0.3) is 0 Å². The van der Waals surface area contributed by atoms with Gasteiger partial charge in [0.2, 0.25) is 0 Å². The molecule has 2 rings (SSSR count). The molecular formula is C14H15ClN2. The Morgan fingerprint density at radius 2 is 1.71 bits per heavy atom. The number of nitrogens with two attached hydrogens (primary N) is 1. The summed E-state index contributed by atoms with van der Waals surface area (Å²) in [7, 11) is 0. The lowest BCUT2D eigenvalue weighted by atomic mass is 10.1. The van der Waals surface area contributed by atoms with E-state index in [1.807, 2.05) is 48.5 Å². The first kappa shape index (κ1) is 11.8. The Bertz CT molecular complexity index is 480. The molecule has 0 saturated heterocycles. The van der Waals surface area contributed by atoms with Crippen LogP contribution in [-0.4, -0.2) is 6.54 Å². The Labute approximate surface area is 106 Å². The molecule has 17 heavy (non-hydrogen) atoms. The van der Waals surface area contributed by atoms with Gasteiger partial charge in [-0.3, -0.25) is 0 Å². The van der Waals surface area contributed by atoms with Crippen molar-refractivity contribution < 1.29 is 0 Å². The van der Waals surface area contributed by atoms with Crippen molar-refractivity contribution in [2.24, 2.45) is 0 Å². The van der Waals surface area contributed by atoms with Crippen LogP contribution in [0, 0.1) is 0 Å². The van der Waals surface area contributed by atoms with Crippen molar-refractivity contribution in [3.8, 4) is 0 Å². The van der Waals surface area contributed by atoms with Crippen LogP contribution in [-0.2, 0) is 6.42 Å². The van der Waals surface area contributed by atoms with E-state index in [1.165, 1.54) is 5.56 Å². The van der Waals surface area contributed by atoms with Gasteiger partial charge in [0.1, 0.15) is 0 Å². The maximum atomic E-state index is 5.84. The highest BCUT2D eigenvalue weighted by Crippen LogP contribution is 2.16. The van der Waals surface area contributed by atoms with Crippen molar-refractivity contribution >= 4 is 23.0 Å². The minimum Gasteiger partial charge on any atom is -0.397 e. The predicted molar refractivity (Wildman–Crippen MR) is 74.5 cm³/mol. The summed E-state index contributed by atoms with van der Waals surface area (Å²) in [5, 5.41) is 4.09. The molecule has 0 aliphatic carbocycles. The Morgan fingerprint density at radius 3 is 2.41 bits per heavy atom. The zero-order valence-corrected chi connectivity index (χ0v) is 10.2. The number of nitrogens with one attached hydrogen (secondary N) is 1. The number of benzene rings is 2. The molecule has 3 heteroatoms. The fourth-order valence-corrected chi connectivity index (χ4v) is 1.78. The molecule has 2 nitrogen and oxygen atoms in total. The van der Waals surface area contributed by atoms with Gasteiger partial charge in [-0.15, -0.1) is 0 Å². The number of anilines is 2. The van der Waals surface area contributed by atoms with Crippen molar-refractivity contribution in [2.45, 2.75) is 6.42 Å². The maximum absolute atomic E-state index is 5.84. The van der Waals surface area contributed by atoms with Gasteiger partial charge in [-0.1, -0.05) is 35.9 Å². The van der Waals surface area contributed by atoms with E-state index >= 15 is 0 Å². The summed E-state index contributed by atoms with van der Waals surface area (Å²) < 4.78 is 0. The van der Waals surface area contributed by atoms with E-state index in [0.717, 1.165) is 29.4 Å². The largest absolute Gasteiger partial charge is 0.397 e. The molecule has 0 amide bonds.